The lowest BCUT2D eigenvalue weighted by atomic mass is 10.1. The van der Waals surface area contributed by atoms with Crippen molar-refractivity contribution >= 4 is 17.7 Å². The van der Waals surface area contributed by atoms with Crippen LogP contribution in [-0.2, 0) is 4.74 Å². The average molecular weight is 449 g/mol. The molecule has 1 aromatic heterocycles. The topological polar surface area (TPSA) is 118 Å². The third-order valence-electron chi connectivity index (χ3n) is 5.31. The number of para-hydroxylation sites is 2. The summed E-state index contributed by atoms with van der Waals surface area (Å²) in [6.45, 7) is 4.31. The van der Waals surface area contributed by atoms with Gasteiger partial charge in [0.15, 0.2) is 0 Å². The summed E-state index contributed by atoms with van der Waals surface area (Å²) in [4.78, 5) is 31.0. The highest BCUT2D eigenvalue weighted by molar-refractivity contribution is 6.05. The molecule has 0 saturated carbocycles. The Morgan fingerprint density at radius 2 is 1.79 bits per heavy atom. The summed E-state index contributed by atoms with van der Waals surface area (Å²) in [7, 11) is 0. The molecule has 0 spiro atoms. The number of anilines is 1. The number of ether oxygens (including phenoxy) is 1. The van der Waals surface area contributed by atoms with Crippen LogP contribution in [0, 0.1) is 0 Å². The van der Waals surface area contributed by atoms with Gasteiger partial charge in [-0.15, -0.1) is 0 Å². The van der Waals surface area contributed by atoms with Gasteiger partial charge in [-0.05, 0) is 55.3 Å². The number of nitrogens with two attached hydrogens (primary N) is 1. The van der Waals surface area contributed by atoms with Crippen LogP contribution in [0.5, 0.6) is 5.75 Å². The van der Waals surface area contributed by atoms with Gasteiger partial charge in [-0.2, -0.15) is 0 Å². The SMILES string of the molecule is C[C@H](OC(=O)N(CCN)[C@@H](C)c1cccnc1)c1ccc(C(=O)Nc2ccccc2O)cc1. The fourth-order valence-electron chi connectivity index (χ4n) is 3.35. The van der Waals surface area contributed by atoms with E-state index in [0.717, 1.165) is 11.1 Å². The van der Waals surface area contributed by atoms with E-state index in [-0.39, 0.29) is 17.7 Å². The number of nitrogens with zero attached hydrogens (tertiary/aromatic N) is 2. The lowest BCUT2D eigenvalue weighted by Crippen LogP contribution is -2.38. The fourth-order valence-corrected chi connectivity index (χ4v) is 3.35. The fraction of sp³-hybridized carbons (Fsp3) is 0.240. The molecule has 0 bridgehead atoms. The molecular formula is C25H28N4O4. The van der Waals surface area contributed by atoms with Gasteiger partial charge in [-0.3, -0.25) is 9.78 Å². The number of carbonyl (C=O) groups excluding carboxylic acids is 2. The molecule has 2 amide bonds. The van der Waals surface area contributed by atoms with Gasteiger partial charge in [-0.25, -0.2) is 4.79 Å². The number of aromatic hydroxyl groups is 1. The van der Waals surface area contributed by atoms with E-state index in [0.29, 0.717) is 24.3 Å². The van der Waals surface area contributed by atoms with E-state index >= 15 is 0 Å². The highest BCUT2D eigenvalue weighted by Gasteiger charge is 2.24. The quantitative estimate of drug-likeness (QED) is 0.443. The van der Waals surface area contributed by atoms with Crippen LogP contribution in [0.25, 0.3) is 0 Å². The van der Waals surface area contributed by atoms with Crippen LogP contribution in [0.3, 0.4) is 0 Å². The van der Waals surface area contributed by atoms with Gasteiger partial charge in [0.1, 0.15) is 11.9 Å². The molecule has 1 heterocycles. The first kappa shape index (κ1) is 23.7. The van der Waals surface area contributed by atoms with Gasteiger partial charge >= 0.3 is 6.09 Å². The molecule has 8 nitrogen and oxygen atoms in total. The van der Waals surface area contributed by atoms with Crippen molar-refractivity contribution in [1.82, 2.24) is 9.88 Å². The van der Waals surface area contributed by atoms with E-state index in [9.17, 15) is 14.7 Å². The molecule has 3 aromatic rings. The minimum atomic E-state index is -0.533. The average Bonchev–Trinajstić information content (AvgIpc) is 2.84. The van der Waals surface area contributed by atoms with Crippen LogP contribution in [-0.4, -0.2) is 40.1 Å². The molecule has 0 unspecified atom stereocenters. The highest BCUT2D eigenvalue weighted by Crippen LogP contribution is 2.25. The van der Waals surface area contributed by atoms with Gasteiger partial charge in [0, 0.05) is 31.0 Å². The first-order valence-electron chi connectivity index (χ1n) is 10.7. The first-order valence-corrected chi connectivity index (χ1v) is 10.7. The zero-order chi connectivity index (χ0) is 23.8. The number of carbonyl (C=O) groups is 2. The minimum absolute atomic E-state index is 0.00875. The second kappa shape index (κ2) is 11.1. The molecule has 8 heteroatoms. The molecule has 0 saturated heterocycles. The van der Waals surface area contributed by atoms with Crippen molar-refractivity contribution in [3.8, 4) is 5.75 Å². The molecule has 0 fully saturated rings. The summed E-state index contributed by atoms with van der Waals surface area (Å²) in [5.41, 5.74) is 8.08. The van der Waals surface area contributed by atoms with Crippen LogP contribution >= 0.6 is 0 Å². The molecule has 0 radical (unpaired) electrons. The number of nitrogens with one attached hydrogen (secondary N) is 1. The third-order valence-corrected chi connectivity index (χ3v) is 5.31. The summed E-state index contributed by atoms with van der Waals surface area (Å²) in [6, 6.07) is 16.7. The van der Waals surface area contributed by atoms with Crippen LogP contribution in [0.1, 0.15) is 47.5 Å². The molecule has 0 aliphatic heterocycles. The Hall–Kier alpha value is -3.91. The van der Waals surface area contributed by atoms with Crippen molar-refractivity contribution in [2.75, 3.05) is 18.4 Å². The van der Waals surface area contributed by atoms with Crippen LogP contribution in [0.15, 0.2) is 73.1 Å². The maximum absolute atomic E-state index is 12.9. The third kappa shape index (κ3) is 6.08. The van der Waals surface area contributed by atoms with Crippen molar-refractivity contribution in [3.05, 3.63) is 89.7 Å². The number of rotatable bonds is 8. The Morgan fingerprint density at radius 3 is 2.42 bits per heavy atom. The molecule has 33 heavy (non-hydrogen) atoms. The number of hydrogen-bond donors (Lipinski definition) is 3. The summed E-state index contributed by atoms with van der Waals surface area (Å²) in [5.74, 6) is -0.363. The summed E-state index contributed by atoms with van der Waals surface area (Å²) in [5, 5.41) is 12.5. The normalized spacial score (nSPS) is 12.5. The van der Waals surface area contributed by atoms with Gasteiger partial charge in [0.25, 0.3) is 5.91 Å². The van der Waals surface area contributed by atoms with Gasteiger partial charge in [0.05, 0.1) is 11.7 Å². The molecule has 172 valence electrons. The Morgan fingerprint density at radius 1 is 1.06 bits per heavy atom. The number of phenolic OH excluding ortho intramolecular Hbond substituents is 1. The van der Waals surface area contributed by atoms with Crippen molar-refractivity contribution in [3.63, 3.8) is 0 Å². The largest absolute Gasteiger partial charge is 0.506 e. The summed E-state index contributed by atoms with van der Waals surface area (Å²) < 4.78 is 5.68. The molecule has 3 rings (SSSR count). The van der Waals surface area contributed by atoms with Gasteiger partial charge < -0.3 is 25.8 Å². The summed E-state index contributed by atoms with van der Waals surface area (Å²) >= 11 is 0. The lowest BCUT2D eigenvalue weighted by molar-refractivity contribution is 0.0595. The van der Waals surface area contributed by atoms with Gasteiger partial charge in [-0.1, -0.05) is 30.3 Å². The van der Waals surface area contributed by atoms with E-state index in [1.165, 1.54) is 6.07 Å². The minimum Gasteiger partial charge on any atom is -0.506 e. The van der Waals surface area contributed by atoms with E-state index in [2.05, 4.69) is 10.3 Å². The molecule has 2 aromatic carbocycles. The van der Waals surface area contributed by atoms with Crippen LogP contribution in [0.4, 0.5) is 10.5 Å². The monoisotopic (exact) mass is 448 g/mol. The van der Waals surface area contributed by atoms with Crippen LogP contribution < -0.4 is 11.1 Å². The van der Waals surface area contributed by atoms with Crippen molar-refractivity contribution < 1.29 is 19.4 Å². The summed E-state index contributed by atoms with van der Waals surface area (Å²) in [6.07, 6.45) is 2.38. The molecule has 2 atom stereocenters. The smallest absolute Gasteiger partial charge is 0.410 e. The second-order valence-corrected chi connectivity index (χ2v) is 7.56. The number of phenols is 1. The number of hydrogen-bond acceptors (Lipinski definition) is 6. The standard InChI is InChI=1S/C25H28N4O4/c1-17(21-6-5-14-27-16-21)29(15-13-26)25(32)33-18(2)19-9-11-20(12-10-19)24(31)28-22-7-3-4-8-23(22)30/h3-12,14,16-18,30H,13,15,26H2,1-2H3,(H,28,31)/t17-,18-/m0/s1. The maximum Gasteiger partial charge on any atom is 0.410 e. The van der Waals surface area contributed by atoms with Crippen molar-refractivity contribution in [2.45, 2.75) is 26.0 Å². The first-order chi connectivity index (χ1) is 15.9. The molecular weight excluding hydrogens is 420 g/mol. The number of benzene rings is 2. The Labute approximate surface area is 193 Å². The van der Waals surface area contributed by atoms with Crippen molar-refractivity contribution in [1.29, 1.82) is 0 Å². The predicted octanol–water partition coefficient (Wildman–Crippen LogP) is 4.26. The molecule has 0 aliphatic carbocycles. The Bertz CT molecular complexity index is 1070. The van der Waals surface area contributed by atoms with E-state index in [4.69, 9.17) is 10.5 Å². The molecule has 0 aliphatic rings. The number of aromatic nitrogens is 1. The maximum atomic E-state index is 12.9. The lowest BCUT2D eigenvalue weighted by Gasteiger charge is -2.29. The second-order valence-electron chi connectivity index (χ2n) is 7.56. The van der Waals surface area contributed by atoms with Gasteiger partial charge in [0.2, 0.25) is 0 Å². The van der Waals surface area contributed by atoms with E-state index < -0.39 is 12.2 Å². The predicted molar refractivity (Wildman–Crippen MR) is 126 cm³/mol. The zero-order valence-electron chi connectivity index (χ0n) is 18.6. The van der Waals surface area contributed by atoms with E-state index in [1.807, 2.05) is 19.1 Å². The van der Waals surface area contributed by atoms with Crippen LogP contribution in [0.2, 0.25) is 0 Å². The Kier molecular flexibility index (Phi) is 7.99. The number of pyridine rings is 1. The highest BCUT2D eigenvalue weighted by atomic mass is 16.6. The molecule has 4 N–H and O–H groups in total. The van der Waals surface area contributed by atoms with E-state index in [1.54, 1.807) is 66.7 Å². The number of amides is 2. The van der Waals surface area contributed by atoms with Crippen molar-refractivity contribution in [2.24, 2.45) is 5.73 Å². The Balaban J connectivity index is 1.65. The zero-order valence-corrected chi connectivity index (χ0v) is 18.6.